The van der Waals surface area contributed by atoms with Crippen molar-refractivity contribution in [2.45, 2.75) is 25.3 Å². The first-order valence-electron chi connectivity index (χ1n) is 15.3. The Hall–Kier alpha value is -4.08. The number of carbonyl (C=O) groups excluding carboxylic acids is 2. The molecule has 1 heterocycles. The van der Waals surface area contributed by atoms with E-state index in [1.807, 2.05) is 72.8 Å². The number of nitrogens with one attached hydrogen (secondary N) is 1. The highest BCUT2D eigenvalue weighted by Crippen LogP contribution is 2.37. The quantitative estimate of drug-likeness (QED) is 0.251. The van der Waals surface area contributed by atoms with Crippen LogP contribution in [0, 0.1) is 5.92 Å². The molecule has 4 aromatic carbocycles. The number of piperazine rings is 1. The van der Waals surface area contributed by atoms with Crippen LogP contribution in [-0.2, 0) is 21.2 Å². The number of benzene rings is 4. The zero-order valence-corrected chi connectivity index (χ0v) is 26.8. The number of hydrogen-bond donors (Lipinski definition) is 1. The van der Waals surface area contributed by atoms with E-state index in [1.54, 1.807) is 23.1 Å². The van der Waals surface area contributed by atoms with Crippen LogP contribution in [0.3, 0.4) is 0 Å². The van der Waals surface area contributed by atoms with Gasteiger partial charge in [-0.3, -0.25) is 13.9 Å². The Morgan fingerprint density at radius 3 is 2.24 bits per heavy atom. The van der Waals surface area contributed by atoms with Crippen molar-refractivity contribution < 1.29 is 18.0 Å². The number of fused-ring (bicyclic) bond motifs is 1. The van der Waals surface area contributed by atoms with Gasteiger partial charge in [-0.1, -0.05) is 66.2 Å². The van der Waals surface area contributed by atoms with E-state index in [1.165, 1.54) is 10.6 Å². The van der Waals surface area contributed by atoms with Crippen molar-refractivity contribution in [3.05, 3.63) is 107 Å². The standard InChI is InChI=1S/C35H37ClN4O4S/c1-45(43,44)40(24-26-10-11-26)33-9-5-4-8-32(33)38-18-20-39(21-19-38)35(42)31(22-25-12-16-30(36)17-13-25)37-34(41)29-15-14-27-6-2-3-7-28(27)23-29/h2-9,12-17,23,26,31H,10-11,18-22,24H2,1H3,(H,37,41)/t31-/m1/s1. The van der Waals surface area contributed by atoms with Crippen molar-refractivity contribution in [1.82, 2.24) is 10.2 Å². The normalized spacial score (nSPS) is 16.0. The molecule has 0 radical (unpaired) electrons. The highest BCUT2D eigenvalue weighted by atomic mass is 35.5. The molecule has 1 atom stereocenters. The second-order valence-corrected chi connectivity index (χ2v) is 14.3. The molecule has 1 saturated carbocycles. The van der Waals surface area contributed by atoms with Gasteiger partial charge in [0.05, 0.1) is 17.6 Å². The smallest absolute Gasteiger partial charge is 0.251 e. The van der Waals surface area contributed by atoms with Gasteiger partial charge < -0.3 is 15.1 Å². The first kappa shape index (κ1) is 30.9. The Bertz CT molecular complexity index is 1800. The molecule has 0 spiro atoms. The minimum Gasteiger partial charge on any atom is -0.366 e. The molecule has 4 aromatic rings. The molecule has 10 heteroatoms. The van der Waals surface area contributed by atoms with Crippen LogP contribution in [0.15, 0.2) is 91.0 Å². The molecule has 1 saturated heterocycles. The number of para-hydroxylation sites is 2. The fraction of sp³-hybridized carbons (Fsp3) is 0.314. The Balaban J connectivity index is 1.19. The van der Waals surface area contributed by atoms with Gasteiger partial charge in [-0.2, -0.15) is 0 Å². The zero-order chi connectivity index (χ0) is 31.6. The molecular weight excluding hydrogens is 608 g/mol. The van der Waals surface area contributed by atoms with Crippen molar-refractivity contribution in [2.24, 2.45) is 5.92 Å². The lowest BCUT2D eigenvalue weighted by Gasteiger charge is -2.39. The minimum absolute atomic E-state index is 0.154. The summed E-state index contributed by atoms with van der Waals surface area (Å²) in [6.45, 7) is 2.44. The molecule has 0 bridgehead atoms. The molecule has 0 aromatic heterocycles. The number of nitrogens with zero attached hydrogens (tertiary/aromatic N) is 3. The third-order valence-corrected chi connectivity index (χ3v) is 9.97. The average Bonchev–Trinajstić information content (AvgIpc) is 3.88. The van der Waals surface area contributed by atoms with Gasteiger partial charge in [0.25, 0.3) is 5.91 Å². The van der Waals surface area contributed by atoms with E-state index in [9.17, 15) is 18.0 Å². The van der Waals surface area contributed by atoms with E-state index in [0.29, 0.717) is 61.3 Å². The number of anilines is 2. The number of hydrogen-bond acceptors (Lipinski definition) is 5. The third-order valence-electron chi connectivity index (χ3n) is 8.57. The summed E-state index contributed by atoms with van der Waals surface area (Å²) in [5, 5.41) is 5.61. The molecular formula is C35H37ClN4O4S. The van der Waals surface area contributed by atoms with Gasteiger partial charge in [0, 0.05) is 49.7 Å². The van der Waals surface area contributed by atoms with Gasteiger partial charge in [0.15, 0.2) is 0 Å². The van der Waals surface area contributed by atoms with Gasteiger partial charge >= 0.3 is 0 Å². The monoisotopic (exact) mass is 644 g/mol. The molecule has 2 amide bonds. The molecule has 8 nitrogen and oxygen atoms in total. The van der Waals surface area contributed by atoms with E-state index < -0.39 is 16.1 Å². The van der Waals surface area contributed by atoms with Crippen molar-refractivity contribution in [3.63, 3.8) is 0 Å². The summed E-state index contributed by atoms with van der Waals surface area (Å²) in [6.07, 6.45) is 3.67. The molecule has 234 valence electrons. The maximum absolute atomic E-state index is 14.0. The van der Waals surface area contributed by atoms with E-state index in [-0.39, 0.29) is 11.8 Å². The number of halogens is 1. The number of sulfonamides is 1. The van der Waals surface area contributed by atoms with E-state index in [4.69, 9.17) is 11.6 Å². The predicted molar refractivity (Wildman–Crippen MR) is 181 cm³/mol. The summed E-state index contributed by atoms with van der Waals surface area (Å²) >= 11 is 6.11. The van der Waals surface area contributed by atoms with Gasteiger partial charge in [0.1, 0.15) is 6.04 Å². The second kappa shape index (κ2) is 13.1. The van der Waals surface area contributed by atoms with Crippen LogP contribution in [0.5, 0.6) is 0 Å². The summed E-state index contributed by atoms with van der Waals surface area (Å²) in [7, 11) is -3.46. The highest BCUT2D eigenvalue weighted by Gasteiger charge is 2.33. The van der Waals surface area contributed by atoms with Crippen LogP contribution >= 0.6 is 11.6 Å². The van der Waals surface area contributed by atoms with Crippen LogP contribution in [0.4, 0.5) is 11.4 Å². The largest absolute Gasteiger partial charge is 0.366 e. The summed E-state index contributed by atoms with van der Waals surface area (Å²) in [4.78, 5) is 31.4. The van der Waals surface area contributed by atoms with Crippen molar-refractivity contribution >= 4 is 55.6 Å². The first-order valence-corrected chi connectivity index (χ1v) is 17.5. The summed E-state index contributed by atoms with van der Waals surface area (Å²) in [5.41, 5.74) is 2.90. The lowest BCUT2D eigenvalue weighted by atomic mass is 10.0. The molecule has 6 rings (SSSR count). The van der Waals surface area contributed by atoms with E-state index in [2.05, 4.69) is 10.2 Å². The van der Waals surface area contributed by atoms with Gasteiger partial charge in [-0.05, 0) is 71.5 Å². The number of amides is 2. The van der Waals surface area contributed by atoms with Crippen LogP contribution in [0.25, 0.3) is 10.8 Å². The molecule has 2 fully saturated rings. The van der Waals surface area contributed by atoms with Crippen molar-refractivity contribution in [3.8, 4) is 0 Å². The Labute approximate surface area is 269 Å². The van der Waals surface area contributed by atoms with Gasteiger partial charge in [0.2, 0.25) is 15.9 Å². The summed E-state index contributed by atoms with van der Waals surface area (Å²) < 4.78 is 27.1. The van der Waals surface area contributed by atoms with Crippen LogP contribution in [0.1, 0.15) is 28.8 Å². The maximum Gasteiger partial charge on any atom is 0.251 e. The Morgan fingerprint density at radius 2 is 1.56 bits per heavy atom. The maximum atomic E-state index is 14.0. The Kier molecular flexibility index (Phi) is 9.01. The van der Waals surface area contributed by atoms with Gasteiger partial charge in [-0.15, -0.1) is 0 Å². The average molecular weight is 645 g/mol. The summed E-state index contributed by atoms with van der Waals surface area (Å²) in [6, 6.07) is 27.5. The molecule has 2 aliphatic rings. The number of rotatable bonds is 10. The molecule has 45 heavy (non-hydrogen) atoms. The fourth-order valence-electron chi connectivity index (χ4n) is 5.91. The SMILES string of the molecule is CS(=O)(=O)N(CC1CC1)c1ccccc1N1CCN(C(=O)[C@@H](Cc2ccc(Cl)cc2)NC(=O)c2ccc3ccccc3c2)CC1. The van der Waals surface area contributed by atoms with Crippen LogP contribution in [0.2, 0.25) is 5.02 Å². The predicted octanol–water partition coefficient (Wildman–Crippen LogP) is 5.36. The second-order valence-electron chi connectivity index (χ2n) is 12.0. The molecule has 1 N–H and O–H groups in total. The highest BCUT2D eigenvalue weighted by molar-refractivity contribution is 7.92. The molecule has 1 aliphatic carbocycles. The number of carbonyl (C=O) groups is 2. The third kappa shape index (κ3) is 7.43. The Morgan fingerprint density at radius 1 is 0.889 bits per heavy atom. The molecule has 1 aliphatic heterocycles. The van der Waals surface area contributed by atoms with Crippen LogP contribution in [-0.4, -0.2) is 70.2 Å². The van der Waals surface area contributed by atoms with Gasteiger partial charge in [-0.25, -0.2) is 8.42 Å². The molecule has 0 unspecified atom stereocenters. The van der Waals surface area contributed by atoms with Crippen molar-refractivity contribution in [2.75, 3.05) is 48.2 Å². The first-order chi connectivity index (χ1) is 21.7. The lowest BCUT2D eigenvalue weighted by Crippen LogP contribution is -2.55. The lowest BCUT2D eigenvalue weighted by molar-refractivity contribution is -0.133. The van der Waals surface area contributed by atoms with Crippen molar-refractivity contribution in [1.29, 1.82) is 0 Å². The topological polar surface area (TPSA) is 90.0 Å². The van der Waals surface area contributed by atoms with Crippen LogP contribution < -0.4 is 14.5 Å². The fourth-order valence-corrected chi connectivity index (χ4v) is 7.03. The summed E-state index contributed by atoms with van der Waals surface area (Å²) in [5.74, 6) is -0.0691. The van der Waals surface area contributed by atoms with E-state index in [0.717, 1.165) is 34.9 Å². The van der Waals surface area contributed by atoms with E-state index >= 15 is 0 Å². The zero-order valence-electron chi connectivity index (χ0n) is 25.2. The minimum atomic E-state index is -3.46.